The van der Waals surface area contributed by atoms with E-state index in [1.165, 1.54) is 23.0 Å². The van der Waals surface area contributed by atoms with Crippen LogP contribution in [-0.2, 0) is 6.42 Å². The van der Waals surface area contributed by atoms with Crippen molar-refractivity contribution in [2.45, 2.75) is 18.9 Å². The van der Waals surface area contributed by atoms with E-state index in [9.17, 15) is 14.9 Å². The molecule has 1 aliphatic heterocycles. The molecule has 0 saturated heterocycles. The lowest BCUT2D eigenvalue weighted by Crippen LogP contribution is -2.38. The Balaban J connectivity index is 1.56. The maximum absolute atomic E-state index is 14.0. The zero-order valence-corrected chi connectivity index (χ0v) is 25.0. The fourth-order valence-corrected chi connectivity index (χ4v) is 7.68. The first-order valence-electron chi connectivity index (χ1n) is 12.5. The van der Waals surface area contributed by atoms with Crippen LogP contribution in [0.2, 0.25) is 0 Å². The van der Waals surface area contributed by atoms with Crippen molar-refractivity contribution in [1.29, 1.82) is 0 Å². The molecule has 6 rings (SSSR count). The van der Waals surface area contributed by atoms with E-state index in [4.69, 9.17) is 9.73 Å². The Morgan fingerprint density at radius 3 is 2.65 bits per heavy atom. The number of aromatic nitrogens is 1. The molecule has 10 heteroatoms. The molecule has 0 bridgehead atoms. The van der Waals surface area contributed by atoms with Gasteiger partial charge in [0.05, 0.1) is 30.1 Å². The van der Waals surface area contributed by atoms with E-state index in [2.05, 4.69) is 50.6 Å². The minimum Gasteiger partial charge on any atom is -0.487 e. The van der Waals surface area contributed by atoms with Gasteiger partial charge in [-0.1, -0.05) is 60.4 Å². The van der Waals surface area contributed by atoms with Crippen molar-refractivity contribution in [1.82, 2.24) is 4.57 Å². The summed E-state index contributed by atoms with van der Waals surface area (Å²) in [4.78, 5) is 30.8. The van der Waals surface area contributed by atoms with E-state index < -0.39 is 11.0 Å². The summed E-state index contributed by atoms with van der Waals surface area (Å²) in [6.45, 7) is 4.05. The lowest BCUT2D eigenvalue weighted by molar-refractivity contribution is -0.384. The summed E-state index contributed by atoms with van der Waals surface area (Å²) in [5.41, 5.74) is 5.38. The molecular formula is C30H21Br2N3O4S. The van der Waals surface area contributed by atoms with Crippen LogP contribution in [0.5, 0.6) is 5.75 Å². The van der Waals surface area contributed by atoms with Gasteiger partial charge in [-0.25, -0.2) is 4.99 Å². The quantitative estimate of drug-likeness (QED) is 0.136. The molecule has 0 radical (unpaired) electrons. The summed E-state index contributed by atoms with van der Waals surface area (Å²) in [6, 6.07) is 18.0. The summed E-state index contributed by atoms with van der Waals surface area (Å²) >= 11 is 8.44. The number of ether oxygens (including phenoxy) is 1. The third kappa shape index (κ3) is 4.70. The van der Waals surface area contributed by atoms with Crippen LogP contribution in [-0.4, -0.2) is 16.1 Å². The number of hydrogen-bond donors (Lipinski definition) is 0. The number of nitro groups is 1. The predicted molar refractivity (Wildman–Crippen MR) is 163 cm³/mol. The van der Waals surface area contributed by atoms with Crippen LogP contribution >= 0.6 is 43.2 Å². The standard InChI is InChI=1S/C30H21Br2N3O4S/c1-2-12-39-28-23(31)13-17(14-24(28)32)15-25-29(36)34-27(19-7-5-8-20(16-19)35(37)38)22-11-10-18-6-3-4-9-21(18)26(22)33-30(34)40-25/h2-9,13-16,27H,1,10-12H2/b25-15-/t27-/m1/s1. The maximum atomic E-state index is 14.0. The number of benzene rings is 3. The molecule has 0 fully saturated rings. The Bertz CT molecular complexity index is 1900. The topological polar surface area (TPSA) is 86.7 Å². The highest BCUT2D eigenvalue weighted by molar-refractivity contribution is 9.11. The number of hydrogen-bond acceptors (Lipinski definition) is 6. The minimum absolute atomic E-state index is 0.0107. The van der Waals surface area contributed by atoms with E-state index >= 15 is 0 Å². The molecule has 1 aliphatic carbocycles. The lowest BCUT2D eigenvalue weighted by atomic mass is 9.83. The number of nitro benzene ring substituents is 1. The average molecular weight is 679 g/mol. The van der Waals surface area contributed by atoms with Gasteiger partial charge in [0.15, 0.2) is 4.80 Å². The second kappa shape index (κ2) is 10.8. The monoisotopic (exact) mass is 677 g/mol. The van der Waals surface area contributed by atoms with Crippen LogP contribution in [0.4, 0.5) is 5.69 Å². The van der Waals surface area contributed by atoms with Crippen LogP contribution in [0.15, 0.2) is 97.6 Å². The van der Waals surface area contributed by atoms with Crippen LogP contribution in [0, 0.1) is 10.1 Å². The molecular weight excluding hydrogens is 658 g/mol. The van der Waals surface area contributed by atoms with Crippen LogP contribution in [0.1, 0.15) is 34.7 Å². The van der Waals surface area contributed by atoms with E-state index in [1.54, 1.807) is 22.8 Å². The van der Waals surface area contributed by atoms with Crippen molar-refractivity contribution in [3.8, 4) is 5.75 Å². The van der Waals surface area contributed by atoms with Crippen molar-refractivity contribution < 1.29 is 9.66 Å². The van der Waals surface area contributed by atoms with Gasteiger partial charge in [-0.2, -0.15) is 0 Å². The third-order valence-electron chi connectivity index (χ3n) is 6.93. The first-order chi connectivity index (χ1) is 19.4. The van der Waals surface area contributed by atoms with Crippen LogP contribution in [0.3, 0.4) is 0 Å². The summed E-state index contributed by atoms with van der Waals surface area (Å²) in [6.07, 6.45) is 5.02. The Morgan fingerprint density at radius 2 is 1.90 bits per heavy atom. The first-order valence-corrected chi connectivity index (χ1v) is 14.9. The van der Waals surface area contributed by atoms with Gasteiger partial charge in [-0.15, -0.1) is 0 Å². The predicted octanol–water partition coefficient (Wildman–Crippen LogP) is 6.32. The number of halogens is 2. The van der Waals surface area contributed by atoms with Gasteiger partial charge in [-0.05, 0) is 85.2 Å². The average Bonchev–Trinajstić information content (AvgIpc) is 3.25. The molecule has 1 aromatic heterocycles. The largest absolute Gasteiger partial charge is 0.487 e. The van der Waals surface area contributed by atoms with Crippen LogP contribution in [0.25, 0.3) is 11.8 Å². The van der Waals surface area contributed by atoms with Gasteiger partial charge in [0, 0.05) is 17.7 Å². The van der Waals surface area contributed by atoms with Gasteiger partial charge >= 0.3 is 0 Å². The summed E-state index contributed by atoms with van der Waals surface area (Å²) in [5.74, 6) is 0.649. The zero-order valence-electron chi connectivity index (χ0n) is 21.0. The van der Waals surface area contributed by atoms with E-state index in [1.807, 2.05) is 36.4 Å². The summed E-state index contributed by atoms with van der Waals surface area (Å²) in [7, 11) is 0. The zero-order chi connectivity index (χ0) is 28.0. The number of non-ortho nitro benzene ring substituents is 1. The number of thiazole rings is 1. The first kappa shape index (κ1) is 26.6. The molecule has 0 saturated carbocycles. The van der Waals surface area contributed by atoms with Gasteiger partial charge in [-0.3, -0.25) is 19.5 Å². The number of fused-ring (bicyclic) bond motifs is 3. The molecule has 4 aromatic rings. The van der Waals surface area contributed by atoms with E-state index in [0.717, 1.165) is 37.8 Å². The van der Waals surface area contributed by atoms with Crippen molar-refractivity contribution in [3.63, 3.8) is 0 Å². The summed E-state index contributed by atoms with van der Waals surface area (Å²) in [5, 5.41) is 11.6. The fraction of sp³-hybridized carbons (Fsp3) is 0.133. The second-order valence-corrected chi connectivity index (χ2v) is 12.1. The second-order valence-electron chi connectivity index (χ2n) is 9.38. The Hall–Kier alpha value is -3.60. The van der Waals surface area contributed by atoms with Crippen molar-refractivity contribution in [3.05, 3.63) is 140 Å². The van der Waals surface area contributed by atoms with Gasteiger partial charge in [0.2, 0.25) is 0 Å². The fourth-order valence-electron chi connectivity index (χ4n) is 5.23. The highest BCUT2D eigenvalue weighted by Crippen LogP contribution is 2.41. The van der Waals surface area contributed by atoms with E-state index in [-0.39, 0.29) is 11.2 Å². The molecule has 0 amide bonds. The smallest absolute Gasteiger partial charge is 0.271 e. The molecule has 3 aromatic carbocycles. The molecule has 40 heavy (non-hydrogen) atoms. The third-order valence-corrected chi connectivity index (χ3v) is 9.09. The number of aryl methyl sites for hydroxylation is 1. The number of rotatable bonds is 6. The van der Waals surface area contributed by atoms with Crippen molar-refractivity contribution >= 4 is 60.7 Å². The molecule has 0 unspecified atom stereocenters. The number of allylic oxidation sites excluding steroid dienone is 1. The van der Waals surface area contributed by atoms with Gasteiger partial charge in [0.25, 0.3) is 11.2 Å². The Kier molecular flexibility index (Phi) is 7.16. The molecule has 2 heterocycles. The molecule has 0 N–H and O–H groups in total. The molecule has 7 nitrogen and oxygen atoms in total. The normalized spacial score (nSPS) is 16.1. The Morgan fingerprint density at radius 1 is 1.12 bits per heavy atom. The molecule has 2 aliphatic rings. The number of nitrogens with zero attached hydrogens (tertiary/aromatic N) is 3. The van der Waals surface area contributed by atoms with Gasteiger partial charge < -0.3 is 4.74 Å². The van der Waals surface area contributed by atoms with Gasteiger partial charge in [0.1, 0.15) is 12.4 Å². The van der Waals surface area contributed by atoms with Crippen LogP contribution < -0.4 is 19.6 Å². The Labute approximate surface area is 249 Å². The highest BCUT2D eigenvalue weighted by Gasteiger charge is 2.33. The SMILES string of the molecule is C=CCOc1c(Br)cc(/C=c2\sc3n(c2=O)[C@H](c2cccc([N+](=O)[O-])c2)C2=C(N=3)c3ccccc3CC2)cc1Br. The lowest BCUT2D eigenvalue weighted by Gasteiger charge is -2.30. The maximum Gasteiger partial charge on any atom is 0.271 e. The molecule has 0 spiro atoms. The highest BCUT2D eigenvalue weighted by atomic mass is 79.9. The summed E-state index contributed by atoms with van der Waals surface area (Å²) < 4.78 is 9.41. The minimum atomic E-state index is -0.491. The van der Waals surface area contributed by atoms with Crippen molar-refractivity contribution in [2.24, 2.45) is 4.99 Å². The van der Waals surface area contributed by atoms with E-state index in [0.29, 0.717) is 33.7 Å². The van der Waals surface area contributed by atoms with Crippen molar-refractivity contribution in [2.75, 3.05) is 6.61 Å². The molecule has 1 atom stereocenters. The molecule has 200 valence electrons.